The predicted octanol–water partition coefficient (Wildman–Crippen LogP) is -0.119. The van der Waals surface area contributed by atoms with Gasteiger partial charge in [0.2, 0.25) is 0 Å². The molecule has 1 radical (unpaired) electrons. The second-order valence-corrected chi connectivity index (χ2v) is 0. The molecule has 0 rings (SSSR count). The first kappa shape index (κ1) is 15.7. The second kappa shape index (κ2) is 15.8. The molecule has 4 heteroatoms. The van der Waals surface area contributed by atoms with Crippen molar-refractivity contribution < 1.29 is 123 Å². The summed E-state index contributed by atoms with van der Waals surface area (Å²) in [6.07, 6.45) is 0. The molecule has 0 aromatic carbocycles. The Kier molecular flexibility index (Phi) is 61.9. The van der Waals surface area contributed by atoms with Crippen molar-refractivity contribution in [1.82, 2.24) is 0 Å². The Bertz CT molecular complexity index is 8.00. The van der Waals surface area contributed by atoms with E-state index in [0.29, 0.717) is 0 Å². The fourth-order valence-corrected chi connectivity index (χ4v) is 0. The van der Waals surface area contributed by atoms with Crippen molar-refractivity contribution in [1.29, 1.82) is 0 Å². The van der Waals surface area contributed by atoms with Gasteiger partial charge in [0, 0.05) is 83.0 Å². The van der Waals surface area contributed by atoms with Crippen molar-refractivity contribution in [3.63, 3.8) is 0 Å². The molecular formula is CeNdOPr. The van der Waals surface area contributed by atoms with E-state index in [2.05, 4.69) is 0 Å². The summed E-state index contributed by atoms with van der Waals surface area (Å²) in [5, 5.41) is 0. The molecule has 0 bridgehead atoms. The van der Waals surface area contributed by atoms with E-state index in [1.165, 1.54) is 0 Å². The van der Waals surface area contributed by atoms with E-state index in [-0.39, 0.29) is 122 Å². The van der Waals surface area contributed by atoms with Crippen LogP contribution in [-0.2, 0) is 1.05 Å². The van der Waals surface area contributed by atoms with Gasteiger partial charge in [-0.2, -0.15) is 0 Å². The van der Waals surface area contributed by atoms with Gasteiger partial charge < -0.3 is 0 Å². The van der Waals surface area contributed by atoms with Crippen LogP contribution in [0.1, 0.15) is 0 Å². The van der Waals surface area contributed by atoms with Gasteiger partial charge in [-0.05, 0) is 0 Å². The molecule has 0 atom stereocenters. The molecule has 0 aliphatic rings. The van der Waals surface area contributed by atoms with Gasteiger partial charge in [0.05, 0.1) is 0 Å². The average molecular weight is 441 g/mol. The maximum atomic E-state index is 8.39. The van der Waals surface area contributed by atoms with Crippen molar-refractivity contribution in [2.45, 2.75) is 0 Å². The first-order chi connectivity index (χ1) is 1.00. The Morgan fingerprint density at radius 3 is 1.25 bits per heavy atom. The molecule has 17 valence electrons. The minimum Gasteiger partial charge on any atom is 0 e. The fraction of sp³-hybridized carbons (Fsp3) is 0. The summed E-state index contributed by atoms with van der Waals surface area (Å²) in [5.41, 5.74) is 0. The normalized spacial score (nSPS) is 0.750. The van der Waals surface area contributed by atoms with Gasteiger partial charge in [0.25, 0.3) is 0 Å². The zero-order chi connectivity index (χ0) is 2.00. The van der Waals surface area contributed by atoms with E-state index in [1.54, 1.807) is 0 Å². The van der Waals surface area contributed by atoms with Gasteiger partial charge in [-0.1, -0.05) is 0 Å². The molecule has 0 amide bonds. The van der Waals surface area contributed by atoms with Crippen LogP contribution >= 0.6 is 0 Å². The molecule has 0 spiro atoms. The van der Waals surface area contributed by atoms with Gasteiger partial charge in [-0.25, -0.2) is 0 Å². The third kappa shape index (κ3) is 9.31. The molecule has 0 N–H and O–H groups in total. The van der Waals surface area contributed by atoms with Crippen LogP contribution in [0.4, 0.5) is 0 Å². The molecule has 0 fully saturated rings. The van der Waals surface area contributed by atoms with Crippen LogP contribution in [0.5, 0.6) is 0 Å². The van der Waals surface area contributed by atoms with E-state index in [1.807, 2.05) is 0 Å². The summed E-state index contributed by atoms with van der Waals surface area (Å²) in [6.45, 7) is 0. The SMILES string of the molecule is [Ce].[O]=[Nd].[Pr]. The maximum Gasteiger partial charge on any atom is 0 e. The Balaban J connectivity index is -0.00000000500. The molecule has 0 aromatic heterocycles. The number of rotatable bonds is 0. The van der Waals surface area contributed by atoms with Crippen LogP contribution in [0.2, 0.25) is 0 Å². The topological polar surface area (TPSA) is 17.1 Å². The monoisotopic (exact) mass is 439 g/mol. The fourth-order valence-electron chi connectivity index (χ4n) is 0. The van der Waals surface area contributed by atoms with E-state index in [0.717, 1.165) is 0 Å². The van der Waals surface area contributed by atoms with Crippen LogP contribution in [0.3, 0.4) is 0 Å². The Hall–Kier alpha value is 3.89. The number of hydrogen-bond donors (Lipinski definition) is 0. The minimum absolute atomic E-state index is 0. The summed E-state index contributed by atoms with van der Waals surface area (Å²) >= 11 is 0.0556. The molecule has 0 aliphatic heterocycles. The summed E-state index contributed by atoms with van der Waals surface area (Å²) in [4.78, 5) is 0. The standard InChI is InChI=1S/Ce.Nd.O.Pr. The van der Waals surface area contributed by atoms with Crippen LogP contribution in [0, 0.1) is 122 Å². The third-order valence-electron chi connectivity index (χ3n) is 0. The van der Waals surface area contributed by atoms with Gasteiger partial charge in [-0.3, -0.25) is 0 Å². The predicted molar refractivity (Wildman–Crippen MR) is 0.686 cm³/mol. The van der Waals surface area contributed by atoms with Crippen LogP contribution in [-0.4, -0.2) is 0 Å². The van der Waals surface area contributed by atoms with Gasteiger partial charge >= 0.3 is 39.9 Å². The van der Waals surface area contributed by atoms with Crippen LogP contribution in [0.15, 0.2) is 0 Å². The largest absolute Gasteiger partial charge is 0 e. The summed E-state index contributed by atoms with van der Waals surface area (Å²) in [5.74, 6) is 0. The molecular weight excluding hydrogens is 441 g/mol. The van der Waals surface area contributed by atoms with E-state index < -0.39 is 0 Å². The van der Waals surface area contributed by atoms with Gasteiger partial charge in [0.1, 0.15) is 0 Å². The van der Waals surface area contributed by atoms with Crippen molar-refractivity contribution in [3.8, 4) is 0 Å². The van der Waals surface area contributed by atoms with Gasteiger partial charge in [-0.15, -0.1) is 0 Å². The molecule has 0 unspecified atom stereocenters. The summed E-state index contributed by atoms with van der Waals surface area (Å²) in [7, 11) is 0. The number of hydrogen-bond acceptors (Lipinski definition) is 1. The van der Waals surface area contributed by atoms with Crippen molar-refractivity contribution in [2.75, 3.05) is 0 Å². The Morgan fingerprint density at radius 1 is 1.25 bits per heavy atom. The zero-order valence-corrected chi connectivity index (χ0v) is 12.0. The van der Waals surface area contributed by atoms with Crippen LogP contribution in [0.25, 0.3) is 0 Å². The first-order valence-electron chi connectivity index (χ1n) is 0.204. The van der Waals surface area contributed by atoms with E-state index >= 15 is 0 Å². The van der Waals surface area contributed by atoms with Crippen molar-refractivity contribution >= 4 is 0 Å². The molecule has 1 nitrogen and oxygen atoms in total. The molecule has 0 heterocycles. The smallest absolute Gasteiger partial charge is 0 e. The summed E-state index contributed by atoms with van der Waals surface area (Å²) in [6, 6.07) is 0. The van der Waals surface area contributed by atoms with Crippen molar-refractivity contribution in [3.05, 3.63) is 0 Å². The first-order valence-corrected chi connectivity index (χ1v) is 1.51. The minimum atomic E-state index is 0. The van der Waals surface area contributed by atoms with E-state index in [4.69, 9.17) is 1.05 Å². The third-order valence-corrected chi connectivity index (χ3v) is 0. The Morgan fingerprint density at radius 2 is 1.25 bits per heavy atom. The average Bonchev–Trinajstić information content (AvgIpc) is 1.00. The quantitative estimate of drug-likeness (QED) is 0.513. The summed E-state index contributed by atoms with van der Waals surface area (Å²) < 4.78 is 8.39. The van der Waals surface area contributed by atoms with Gasteiger partial charge in [0.15, 0.2) is 0 Å². The molecule has 0 saturated heterocycles. The second-order valence-electron chi connectivity index (χ2n) is 0. The maximum absolute atomic E-state index is 8.39. The van der Waals surface area contributed by atoms with Crippen molar-refractivity contribution in [2.24, 2.45) is 0 Å². The molecule has 0 aromatic rings. The molecule has 4 heavy (non-hydrogen) atoms. The van der Waals surface area contributed by atoms with E-state index in [9.17, 15) is 0 Å². The zero-order valence-electron chi connectivity index (χ0n) is 1.99. The molecule has 0 aliphatic carbocycles. The van der Waals surface area contributed by atoms with Crippen LogP contribution < -0.4 is 0 Å². The molecule has 0 saturated carbocycles. The Labute approximate surface area is 119 Å².